The summed E-state index contributed by atoms with van der Waals surface area (Å²) in [6.45, 7) is 1.97. The Morgan fingerprint density at radius 3 is 2.86 bits per heavy atom. The number of aromatic nitrogens is 4. The van der Waals surface area contributed by atoms with E-state index in [9.17, 15) is 0 Å². The highest BCUT2D eigenvalue weighted by atomic mass is 35.5. The molecule has 4 aromatic rings. The number of halogens is 1. The van der Waals surface area contributed by atoms with E-state index in [1.165, 1.54) is 0 Å². The molecule has 8 heteroatoms. The molecule has 1 fully saturated rings. The molecule has 1 aliphatic heterocycles. The summed E-state index contributed by atoms with van der Waals surface area (Å²) in [7, 11) is 1.66. The van der Waals surface area contributed by atoms with E-state index in [1.54, 1.807) is 7.11 Å². The van der Waals surface area contributed by atoms with E-state index >= 15 is 0 Å². The molecule has 148 valence electrons. The smallest absolute Gasteiger partial charge is 0.119 e. The van der Waals surface area contributed by atoms with Crippen molar-refractivity contribution in [2.45, 2.75) is 12.5 Å². The number of benzene rings is 2. The van der Waals surface area contributed by atoms with Gasteiger partial charge in [0.15, 0.2) is 0 Å². The van der Waals surface area contributed by atoms with Crippen LogP contribution in [0.2, 0.25) is 5.02 Å². The highest BCUT2D eigenvalue weighted by Crippen LogP contribution is 2.33. The van der Waals surface area contributed by atoms with Crippen molar-refractivity contribution >= 4 is 28.2 Å². The lowest BCUT2D eigenvalue weighted by Gasteiger charge is -2.14. The maximum Gasteiger partial charge on any atom is 0.119 e. The Morgan fingerprint density at radius 2 is 2.10 bits per heavy atom. The fraction of sp³-hybridized carbons (Fsp3) is 0.238. The topological polar surface area (TPSA) is 79.8 Å². The summed E-state index contributed by atoms with van der Waals surface area (Å²) in [5.41, 5.74) is 4.57. The number of rotatable bonds is 5. The van der Waals surface area contributed by atoms with E-state index in [0.29, 0.717) is 11.1 Å². The molecule has 1 atom stereocenters. The van der Waals surface area contributed by atoms with Gasteiger partial charge in [-0.2, -0.15) is 10.2 Å². The van der Waals surface area contributed by atoms with E-state index < -0.39 is 0 Å². The number of anilines is 1. The van der Waals surface area contributed by atoms with Crippen molar-refractivity contribution in [1.82, 2.24) is 25.3 Å². The van der Waals surface area contributed by atoms with Crippen molar-refractivity contribution in [1.29, 1.82) is 0 Å². The van der Waals surface area contributed by atoms with E-state index in [1.807, 2.05) is 47.4 Å². The number of nitrogens with one attached hydrogen (secondary N) is 3. The molecule has 5 rings (SSSR count). The molecule has 7 nitrogen and oxygen atoms in total. The first-order valence-corrected chi connectivity index (χ1v) is 9.93. The van der Waals surface area contributed by atoms with Crippen LogP contribution < -0.4 is 15.4 Å². The van der Waals surface area contributed by atoms with Gasteiger partial charge in [0.05, 0.1) is 35.2 Å². The predicted molar refractivity (Wildman–Crippen MR) is 115 cm³/mol. The third kappa shape index (κ3) is 3.43. The summed E-state index contributed by atoms with van der Waals surface area (Å²) in [5.74, 6) is 0.814. The maximum atomic E-state index is 6.49. The van der Waals surface area contributed by atoms with Crippen molar-refractivity contribution in [3.05, 3.63) is 53.8 Å². The monoisotopic (exact) mass is 408 g/mol. The van der Waals surface area contributed by atoms with Gasteiger partial charge in [-0.05, 0) is 49.4 Å². The zero-order valence-electron chi connectivity index (χ0n) is 15.9. The van der Waals surface area contributed by atoms with Crippen LogP contribution in [0, 0.1) is 0 Å². The first kappa shape index (κ1) is 18.0. The van der Waals surface area contributed by atoms with E-state index in [-0.39, 0.29) is 0 Å². The maximum absolute atomic E-state index is 6.49. The fourth-order valence-corrected chi connectivity index (χ4v) is 3.91. The van der Waals surface area contributed by atoms with Crippen molar-refractivity contribution in [3.8, 4) is 22.7 Å². The highest BCUT2D eigenvalue weighted by molar-refractivity contribution is 6.34. The fourth-order valence-electron chi connectivity index (χ4n) is 3.69. The van der Waals surface area contributed by atoms with Crippen LogP contribution in [0.3, 0.4) is 0 Å². The molecular weight excluding hydrogens is 388 g/mol. The third-order valence-corrected chi connectivity index (χ3v) is 5.58. The van der Waals surface area contributed by atoms with Gasteiger partial charge in [0.1, 0.15) is 11.4 Å². The highest BCUT2D eigenvalue weighted by Gasteiger charge is 2.18. The second kappa shape index (κ2) is 7.42. The zero-order chi connectivity index (χ0) is 19.8. The molecule has 3 heterocycles. The number of hydrogen-bond donors (Lipinski definition) is 3. The van der Waals surface area contributed by atoms with E-state index in [0.717, 1.165) is 58.8 Å². The summed E-state index contributed by atoms with van der Waals surface area (Å²) in [5, 5.41) is 20.7. The summed E-state index contributed by atoms with van der Waals surface area (Å²) in [6.07, 6.45) is 4.88. The molecule has 0 bridgehead atoms. The Bertz CT molecular complexity index is 1140. The molecule has 3 N–H and O–H groups in total. The Hall–Kier alpha value is -3.03. The molecule has 0 aliphatic carbocycles. The first-order valence-electron chi connectivity index (χ1n) is 9.55. The van der Waals surface area contributed by atoms with Crippen molar-refractivity contribution < 1.29 is 4.74 Å². The van der Waals surface area contributed by atoms with E-state index in [4.69, 9.17) is 16.3 Å². The van der Waals surface area contributed by atoms with Crippen LogP contribution in [-0.4, -0.2) is 46.2 Å². The van der Waals surface area contributed by atoms with Crippen LogP contribution in [0.4, 0.5) is 5.69 Å². The second-order valence-electron chi connectivity index (χ2n) is 7.16. The molecule has 0 saturated carbocycles. The van der Waals surface area contributed by atoms with Gasteiger partial charge in [0, 0.05) is 29.7 Å². The molecule has 1 saturated heterocycles. The number of ether oxygens (including phenoxy) is 1. The Labute approximate surface area is 173 Å². The normalized spacial score (nSPS) is 16.4. The largest absolute Gasteiger partial charge is 0.497 e. The van der Waals surface area contributed by atoms with Gasteiger partial charge in [-0.1, -0.05) is 11.6 Å². The SMILES string of the molecule is COc1ccc(-n2cc(-c3n[nH]c4cc(Cl)c(N[C@@H]5CCNC5)cc34)cn2)cc1. The van der Waals surface area contributed by atoms with Gasteiger partial charge >= 0.3 is 0 Å². The zero-order valence-corrected chi connectivity index (χ0v) is 16.7. The molecule has 2 aromatic heterocycles. The number of methoxy groups -OCH3 is 1. The average Bonchev–Trinajstić information content (AvgIpc) is 3.49. The summed E-state index contributed by atoms with van der Waals surface area (Å²) in [6, 6.07) is 12.1. The van der Waals surface area contributed by atoms with Gasteiger partial charge in [-0.25, -0.2) is 4.68 Å². The molecule has 1 aliphatic rings. The summed E-state index contributed by atoms with van der Waals surface area (Å²) in [4.78, 5) is 0. The van der Waals surface area contributed by atoms with E-state index in [2.05, 4.69) is 32.0 Å². The van der Waals surface area contributed by atoms with Crippen LogP contribution in [0.5, 0.6) is 5.75 Å². The molecular formula is C21H21ClN6O. The Balaban J connectivity index is 1.49. The second-order valence-corrected chi connectivity index (χ2v) is 7.56. The Morgan fingerprint density at radius 1 is 1.24 bits per heavy atom. The number of nitrogens with zero attached hydrogens (tertiary/aromatic N) is 3. The predicted octanol–water partition coefficient (Wildman–Crippen LogP) is 3.85. The molecule has 0 radical (unpaired) electrons. The van der Waals surface area contributed by atoms with Crippen molar-refractivity contribution in [3.63, 3.8) is 0 Å². The van der Waals surface area contributed by atoms with Gasteiger partial charge in [-0.15, -0.1) is 0 Å². The van der Waals surface area contributed by atoms with Crippen LogP contribution in [-0.2, 0) is 0 Å². The van der Waals surface area contributed by atoms with Gasteiger partial charge < -0.3 is 15.4 Å². The number of H-pyrrole nitrogens is 1. The standard InChI is InChI=1S/C21H21ClN6O/c1-29-16-4-2-15(3-5-16)28-12-13(10-24-28)21-17-8-20(25-14-6-7-23-11-14)18(22)9-19(17)26-27-21/h2-5,8-10,12,14,23,25H,6-7,11H2,1H3,(H,26,27)/t14-/m1/s1. The number of hydrogen-bond acceptors (Lipinski definition) is 5. The average molecular weight is 409 g/mol. The van der Waals surface area contributed by atoms with Crippen LogP contribution >= 0.6 is 11.6 Å². The van der Waals surface area contributed by atoms with Crippen LogP contribution in [0.1, 0.15) is 6.42 Å². The number of fused-ring (bicyclic) bond motifs is 1. The lowest BCUT2D eigenvalue weighted by Crippen LogP contribution is -2.22. The summed E-state index contributed by atoms with van der Waals surface area (Å²) >= 11 is 6.49. The van der Waals surface area contributed by atoms with Gasteiger partial charge in [-0.3, -0.25) is 5.10 Å². The molecule has 29 heavy (non-hydrogen) atoms. The van der Waals surface area contributed by atoms with Gasteiger partial charge in [0.25, 0.3) is 0 Å². The molecule has 0 spiro atoms. The minimum atomic E-state index is 0.387. The Kier molecular flexibility index (Phi) is 4.61. The molecule has 0 amide bonds. The minimum absolute atomic E-state index is 0.387. The third-order valence-electron chi connectivity index (χ3n) is 5.26. The van der Waals surface area contributed by atoms with Crippen molar-refractivity contribution in [2.24, 2.45) is 0 Å². The molecule has 2 aromatic carbocycles. The minimum Gasteiger partial charge on any atom is -0.497 e. The first-order chi connectivity index (χ1) is 14.2. The molecule has 0 unspecified atom stereocenters. The van der Waals surface area contributed by atoms with Gasteiger partial charge in [0.2, 0.25) is 0 Å². The number of aromatic amines is 1. The van der Waals surface area contributed by atoms with Crippen LogP contribution in [0.15, 0.2) is 48.8 Å². The lowest BCUT2D eigenvalue weighted by molar-refractivity contribution is 0.414. The van der Waals surface area contributed by atoms with Crippen LogP contribution in [0.25, 0.3) is 27.8 Å². The summed E-state index contributed by atoms with van der Waals surface area (Å²) < 4.78 is 7.05. The quantitative estimate of drug-likeness (QED) is 0.467. The lowest BCUT2D eigenvalue weighted by atomic mass is 10.1. The van der Waals surface area contributed by atoms with Crippen molar-refractivity contribution in [2.75, 3.05) is 25.5 Å².